The van der Waals surface area contributed by atoms with Gasteiger partial charge in [0.15, 0.2) is 0 Å². The summed E-state index contributed by atoms with van der Waals surface area (Å²) in [4.78, 5) is 0. The smallest absolute Gasteiger partial charge is 0.0504 e. The van der Waals surface area contributed by atoms with Gasteiger partial charge in [-0.05, 0) is 5.54 Å². The molecule has 0 unspecified atom stereocenters. The van der Waals surface area contributed by atoms with Crippen molar-refractivity contribution in [1.82, 2.24) is 0 Å². The van der Waals surface area contributed by atoms with E-state index in [0.29, 0.717) is 0 Å². The number of unbranched alkanes of at least 4 members (excludes halogenated alkanes) is 1. The number of hydrogen-bond acceptors (Lipinski definition) is 0. The Kier molecular flexibility index (Phi) is 3.82. The highest BCUT2D eigenvalue weighted by atomic mass is 28.3. The molecule has 0 amide bonds. The Morgan fingerprint density at radius 1 is 1.17 bits per heavy atom. The first-order valence-corrected chi connectivity index (χ1v) is 8.95. The average Bonchev–Trinajstić information content (AvgIpc) is 2.53. The van der Waals surface area contributed by atoms with Crippen molar-refractivity contribution in [2.75, 3.05) is 0 Å². The summed E-state index contributed by atoms with van der Waals surface area (Å²) in [6.45, 7) is 7.54. The van der Waals surface area contributed by atoms with Crippen LogP contribution in [0.4, 0.5) is 0 Å². The third-order valence-electron chi connectivity index (χ3n) is 3.64. The second-order valence-corrected chi connectivity index (χ2v) is 10.4. The second-order valence-electron chi connectivity index (χ2n) is 5.07. The predicted molar refractivity (Wildman–Crippen MR) is 59.4 cm³/mol. The van der Waals surface area contributed by atoms with Crippen LogP contribution in [0.25, 0.3) is 0 Å². The van der Waals surface area contributed by atoms with Crippen LogP contribution in [0.3, 0.4) is 0 Å². The quantitative estimate of drug-likeness (QED) is 0.567. The largest absolute Gasteiger partial charge is 0.0691 e. The molecule has 1 rings (SSSR count). The molecule has 0 bridgehead atoms. The van der Waals surface area contributed by atoms with Gasteiger partial charge in [-0.15, -0.1) is 0 Å². The Hall–Kier alpha value is 0.217. The molecule has 0 atom stereocenters. The van der Waals surface area contributed by atoms with Gasteiger partial charge in [0.1, 0.15) is 0 Å². The molecule has 12 heavy (non-hydrogen) atoms. The topological polar surface area (TPSA) is 0 Å². The van der Waals surface area contributed by atoms with Crippen molar-refractivity contribution in [2.24, 2.45) is 0 Å². The first kappa shape index (κ1) is 10.3. The summed E-state index contributed by atoms with van der Waals surface area (Å²) >= 11 is 0. The Morgan fingerprint density at radius 3 is 2.25 bits per heavy atom. The average molecular weight is 184 g/mol. The highest BCUT2D eigenvalue weighted by Crippen LogP contribution is 2.40. The van der Waals surface area contributed by atoms with E-state index in [1.807, 2.05) is 0 Å². The highest BCUT2D eigenvalue weighted by molar-refractivity contribution is 6.78. The molecule has 0 aromatic heterocycles. The molecule has 0 aromatic carbocycles. The van der Waals surface area contributed by atoms with Crippen LogP contribution in [0.1, 0.15) is 45.4 Å². The van der Waals surface area contributed by atoms with Gasteiger partial charge in [0.2, 0.25) is 0 Å². The van der Waals surface area contributed by atoms with Crippen molar-refractivity contribution in [3.8, 4) is 0 Å². The SMILES string of the molecule is CCCC[Si](C)(C)C1CCCC1. The van der Waals surface area contributed by atoms with E-state index in [1.165, 1.54) is 31.2 Å². The zero-order valence-electron chi connectivity index (χ0n) is 9.03. The van der Waals surface area contributed by atoms with E-state index in [1.54, 1.807) is 18.9 Å². The first-order valence-electron chi connectivity index (χ1n) is 5.67. The minimum atomic E-state index is -0.791. The van der Waals surface area contributed by atoms with Gasteiger partial charge < -0.3 is 0 Å². The Morgan fingerprint density at radius 2 is 1.75 bits per heavy atom. The molecule has 0 spiro atoms. The van der Waals surface area contributed by atoms with Crippen molar-refractivity contribution in [1.29, 1.82) is 0 Å². The molecule has 72 valence electrons. The minimum Gasteiger partial charge on any atom is -0.0691 e. The van der Waals surface area contributed by atoms with Crippen molar-refractivity contribution in [3.63, 3.8) is 0 Å². The van der Waals surface area contributed by atoms with Crippen LogP contribution < -0.4 is 0 Å². The predicted octanol–water partition coefficient (Wildman–Crippen LogP) is 4.44. The molecule has 0 heterocycles. The second kappa shape index (κ2) is 4.45. The maximum absolute atomic E-state index is 2.61. The molecule has 1 saturated carbocycles. The van der Waals surface area contributed by atoms with Crippen molar-refractivity contribution < 1.29 is 0 Å². The lowest BCUT2D eigenvalue weighted by molar-refractivity contribution is 0.794. The molecular formula is C11H24Si. The third-order valence-corrected chi connectivity index (χ3v) is 8.06. The molecular weight excluding hydrogens is 160 g/mol. The Balaban J connectivity index is 2.34. The minimum absolute atomic E-state index is 0.791. The van der Waals surface area contributed by atoms with E-state index < -0.39 is 8.07 Å². The van der Waals surface area contributed by atoms with Crippen LogP contribution in [0.2, 0.25) is 24.7 Å². The van der Waals surface area contributed by atoms with Crippen LogP contribution >= 0.6 is 0 Å². The molecule has 1 heteroatoms. The fourth-order valence-electron chi connectivity index (χ4n) is 2.54. The van der Waals surface area contributed by atoms with Crippen molar-refractivity contribution >= 4 is 8.07 Å². The summed E-state index contributed by atoms with van der Waals surface area (Å²) in [5, 5.41) is 0. The van der Waals surface area contributed by atoms with E-state index in [4.69, 9.17) is 0 Å². The Bertz CT molecular complexity index is 123. The normalized spacial score (nSPS) is 20.2. The third kappa shape index (κ3) is 2.62. The zero-order chi connectivity index (χ0) is 9.03. The summed E-state index contributed by atoms with van der Waals surface area (Å²) in [6, 6.07) is 1.58. The number of rotatable bonds is 4. The highest BCUT2D eigenvalue weighted by Gasteiger charge is 2.32. The molecule has 0 N–H and O–H groups in total. The van der Waals surface area contributed by atoms with E-state index in [0.717, 1.165) is 0 Å². The lowest BCUT2D eigenvalue weighted by atomic mass is 10.4. The zero-order valence-corrected chi connectivity index (χ0v) is 10.0. The standard InChI is InChI=1S/C11H24Si/c1-4-5-10-12(2,3)11-8-6-7-9-11/h11H,4-10H2,1-3H3. The van der Waals surface area contributed by atoms with E-state index in [-0.39, 0.29) is 0 Å². The van der Waals surface area contributed by atoms with Crippen molar-refractivity contribution in [2.45, 2.75) is 70.1 Å². The molecule has 0 saturated heterocycles. The lowest BCUT2D eigenvalue weighted by Crippen LogP contribution is -2.30. The van der Waals surface area contributed by atoms with Gasteiger partial charge in [-0.2, -0.15) is 0 Å². The molecule has 0 aliphatic heterocycles. The monoisotopic (exact) mass is 184 g/mol. The van der Waals surface area contributed by atoms with Gasteiger partial charge in [-0.3, -0.25) is 0 Å². The lowest BCUT2D eigenvalue weighted by Gasteiger charge is -2.29. The first-order chi connectivity index (χ1) is 5.67. The van der Waals surface area contributed by atoms with Gasteiger partial charge in [0.25, 0.3) is 0 Å². The van der Waals surface area contributed by atoms with Gasteiger partial charge in [-0.25, -0.2) is 0 Å². The molecule has 1 aliphatic rings. The van der Waals surface area contributed by atoms with Crippen molar-refractivity contribution in [3.05, 3.63) is 0 Å². The van der Waals surface area contributed by atoms with Crippen LogP contribution in [-0.2, 0) is 0 Å². The van der Waals surface area contributed by atoms with Crippen LogP contribution in [0.15, 0.2) is 0 Å². The fourth-order valence-corrected chi connectivity index (χ4v) is 6.19. The van der Waals surface area contributed by atoms with Gasteiger partial charge in [0.05, 0.1) is 8.07 Å². The molecule has 0 nitrogen and oxygen atoms in total. The van der Waals surface area contributed by atoms with E-state index in [9.17, 15) is 0 Å². The molecule has 0 radical (unpaired) electrons. The fraction of sp³-hybridized carbons (Fsp3) is 1.00. The summed E-state index contributed by atoms with van der Waals surface area (Å²) in [7, 11) is -0.791. The van der Waals surface area contributed by atoms with Gasteiger partial charge in [-0.1, -0.05) is 64.6 Å². The van der Waals surface area contributed by atoms with E-state index in [2.05, 4.69) is 20.0 Å². The maximum atomic E-state index is 2.61. The summed E-state index contributed by atoms with van der Waals surface area (Å²) < 4.78 is 0. The molecule has 1 fully saturated rings. The molecule has 1 aliphatic carbocycles. The Labute approximate surface area is 78.8 Å². The summed E-state index contributed by atoms with van der Waals surface area (Å²) in [5.74, 6) is 0. The number of hydrogen-bond donors (Lipinski definition) is 0. The summed E-state index contributed by atoms with van der Waals surface area (Å²) in [5.41, 5.74) is 1.17. The van der Waals surface area contributed by atoms with Crippen LogP contribution in [-0.4, -0.2) is 8.07 Å². The van der Waals surface area contributed by atoms with E-state index >= 15 is 0 Å². The molecule has 0 aromatic rings. The van der Waals surface area contributed by atoms with Gasteiger partial charge >= 0.3 is 0 Å². The maximum Gasteiger partial charge on any atom is 0.0504 e. The van der Waals surface area contributed by atoms with Gasteiger partial charge in [0, 0.05) is 0 Å². The van der Waals surface area contributed by atoms with Crippen LogP contribution in [0, 0.1) is 0 Å². The summed E-state index contributed by atoms with van der Waals surface area (Å²) in [6.07, 6.45) is 9.03. The van der Waals surface area contributed by atoms with Crippen LogP contribution in [0.5, 0.6) is 0 Å².